The first kappa shape index (κ1) is 53.7. The molecule has 0 unspecified atom stereocenters. The van der Waals surface area contributed by atoms with E-state index in [4.69, 9.17) is 15.0 Å². The first-order valence-corrected chi connectivity index (χ1v) is 29.8. The standard InChI is InChI=1S/C81H69N3/c1-52-28-31-55(4)76(40-52)58-16-13-19-61(43-58)79-37-34-64(49-82-79)70-22-7-10-25-73(70)67-46-68(74-26-11-8-23-71(74)65-35-38-80(83-50-65)62-20-14-17-59(44-62)77-41-53(2)29-32-56(77)5)48-69(47-67)75-27-12-9-24-72(75)66-36-39-81(84-51-66)63-21-15-18-60(45-63)78-42-54(3)30-33-57(78)6/h7-45,49-51,67-69H,46-48H2,1-6H3. The number of aromatic nitrogens is 3. The Labute approximate surface area is 496 Å². The summed E-state index contributed by atoms with van der Waals surface area (Å²) in [5.74, 6) is 0.777. The van der Waals surface area contributed by atoms with Gasteiger partial charge in [0.05, 0.1) is 17.1 Å². The summed E-state index contributed by atoms with van der Waals surface area (Å²) in [5, 5.41) is 0. The molecule has 0 spiro atoms. The second kappa shape index (κ2) is 23.4. The summed E-state index contributed by atoms with van der Waals surface area (Å²) in [5.41, 5.74) is 32.5. The topological polar surface area (TPSA) is 38.7 Å². The Kier molecular flexibility index (Phi) is 14.9. The van der Waals surface area contributed by atoms with Crippen LogP contribution in [0.1, 0.15) is 87.1 Å². The third-order valence-electron chi connectivity index (χ3n) is 17.7. The van der Waals surface area contributed by atoms with Crippen LogP contribution >= 0.6 is 0 Å². The third kappa shape index (κ3) is 11.1. The quantitative estimate of drug-likeness (QED) is 0.122. The molecule has 3 heterocycles. The van der Waals surface area contributed by atoms with Gasteiger partial charge in [-0.25, -0.2) is 0 Å². The van der Waals surface area contributed by atoms with E-state index in [0.717, 1.165) is 69.7 Å². The van der Waals surface area contributed by atoms with E-state index in [-0.39, 0.29) is 17.8 Å². The van der Waals surface area contributed by atoms with Crippen molar-refractivity contribution in [1.82, 2.24) is 15.0 Å². The van der Waals surface area contributed by atoms with Gasteiger partial charge in [0.15, 0.2) is 0 Å². The van der Waals surface area contributed by atoms with Crippen molar-refractivity contribution in [2.24, 2.45) is 0 Å². The number of rotatable bonds is 12. The Morgan fingerprint density at radius 1 is 0.238 bits per heavy atom. The van der Waals surface area contributed by atoms with Crippen molar-refractivity contribution in [3.05, 3.63) is 305 Å². The SMILES string of the molecule is Cc1ccc(C)c(-c2cccc(-c3ccc(-c4ccccc4C4CC(c5ccccc5-c5ccc(-c6cccc(-c7cc(C)ccc7C)c6)nc5)CC(c5ccccc5-c5ccc(-c6cccc(-c7cc(C)ccc7C)c6)nc5)C4)cn3)c2)c1. The number of hydrogen-bond acceptors (Lipinski definition) is 3. The fraction of sp³-hybridized carbons (Fsp3) is 0.148. The highest BCUT2D eigenvalue weighted by atomic mass is 14.7. The van der Waals surface area contributed by atoms with E-state index < -0.39 is 0 Å². The molecule has 0 N–H and O–H groups in total. The van der Waals surface area contributed by atoms with Crippen molar-refractivity contribution >= 4 is 0 Å². The fourth-order valence-corrected chi connectivity index (χ4v) is 13.3. The van der Waals surface area contributed by atoms with Gasteiger partial charge in [-0.2, -0.15) is 0 Å². The van der Waals surface area contributed by atoms with Crippen molar-refractivity contribution in [3.8, 4) is 101 Å². The zero-order chi connectivity index (χ0) is 57.3. The van der Waals surface area contributed by atoms with Gasteiger partial charge in [0.1, 0.15) is 0 Å². The summed E-state index contributed by atoms with van der Waals surface area (Å²) in [6.07, 6.45) is 9.31. The maximum Gasteiger partial charge on any atom is 0.0702 e. The smallest absolute Gasteiger partial charge is 0.0702 e. The maximum atomic E-state index is 5.19. The molecule has 408 valence electrons. The molecule has 13 rings (SSSR count). The maximum absolute atomic E-state index is 5.19. The molecule has 12 aromatic rings. The molecule has 84 heavy (non-hydrogen) atoms. The minimum absolute atomic E-state index is 0.259. The number of aryl methyl sites for hydroxylation is 6. The van der Waals surface area contributed by atoms with Crippen molar-refractivity contribution in [2.45, 2.75) is 78.6 Å². The van der Waals surface area contributed by atoms with Crippen LogP contribution in [-0.2, 0) is 0 Å². The molecule has 3 heteroatoms. The molecule has 0 atom stereocenters. The van der Waals surface area contributed by atoms with Crippen LogP contribution < -0.4 is 0 Å². The second-order valence-corrected chi connectivity index (χ2v) is 23.6. The number of nitrogens with zero attached hydrogens (tertiary/aromatic N) is 3. The summed E-state index contributed by atoms with van der Waals surface area (Å²) >= 11 is 0. The summed E-state index contributed by atoms with van der Waals surface area (Å²) in [7, 11) is 0. The molecule has 9 aromatic carbocycles. The third-order valence-corrected chi connectivity index (χ3v) is 17.7. The van der Waals surface area contributed by atoms with E-state index in [1.165, 1.54) is 100 Å². The minimum Gasteiger partial charge on any atom is -0.256 e. The van der Waals surface area contributed by atoms with Gasteiger partial charge in [0.25, 0.3) is 0 Å². The Hall–Kier alpha value is -9.57. The van der Waals surface area contributed by atoms with Crippen LogP contribution in [0.15, 0.2) is 255 Å². The van der Waals surface area contributed by atoms with E-state index in [9.17, 15) is 0 Å². The van der Waals surface area contributed by atoms with Gasteiger partial charge < -0.3 is 0 Å². The second-order valence-electron chi connectivity index (χ2n) is 23.6. The van der Waals surface area contributed by atoms with Crippen LogP contribution in [0.5, 0.6) is 0 Å². The molecule has 0 saturated heterocycles. The summed E-state index contributed by atoms with van der Waals surface area (Å²) in [4.78, 5) is 15.6. The van der Waals surface area contributed by atoms with Gasteiger partial charge in [-0.05, 0) is 198 Å². The molecule has 1 aliphatic rings. The van der Waals surface area contributed by atoms with Gasteiger partial charge in [-0.1, -0.05) is 217 Å². The first-order valence-electron chi connectivity index (χ1n) is 29.8. The summed E-state index contributed by atoms with van der Waals surface area (Å²) < 4.78 is 0. The van der Waals surface area contributed by atoms with Gasteiger partial charge in [0, 0.05) is 52.0 Å². The molecule has 3 aromatic heterocycles. The van der Waals surface area contributed by atoms with Gasteiger partial charge in [0.2, 0.25) is 0 Å². The molecule has 0 amide bonds. The monoisotopic (exact) mass is 1080 g/mol. The molecular formula is C81H69N3. The molecule has 0 aliphatic heterocycles. The van der Waals surface area contributed by atoms with Crippen LogP contribution in [0.2, 0.25) is 0 Å². The molecule has 0 bridgehead atoms. The average molecular weight is 1080 g/mol. The van der Waals surface area contributed by atoms with Crippen molar-refractivity contribution in [3.63, 3.8) is 0 Å². The van der Waals surface area contributed by atoms with Crippen molar-refractivity contribution in [2.75, 3.05) is 0 Å². The van der Waals surface area contributed by atoms with E-state index >= 15 is 0 Å². The van der Waals surface area contributed by atoms with E-state index in [0.29, 0.717) is 0 Å². The van der Waals surface area contributed by atoms with Gasteiger partial charge in [-0.3, -0.25) is 15.0 Å². The zero-order valence-corrected chi connectivity index (χ0v) is 48.9. The predicted octanol–water partition coefficient (Wildman–Crippen LogP) is 21.6. The zero-order valence-electron chi connectivity index (χ0n) is 48.9. The molecule has 0 radical (unpaired) electrons. The highest BCUT2D eigenvalue weighted by Crippen LogP contribution is 2.52. The van der Waals surface area contributed by atoms with Crippen molar-refractivity contribution in [1.29, 1.82) is 0 Å². The van der Waals surface area contributed by atoms with Gasteiger partial charge >= 0.3 is 0 Å². The lowest BCUT2D eigenvalue weighted by atomic mass is 9.66. The molecule has 1 fully saturated rings. The lowest BCUT2D eigenvalue weighted by Crippen LogP contribution is -2.21. The van der Waals surface area contributed by atoms with E-state index in [1.54, 1.807) is 0 Å². The van der Waals surface area contributed by atoms with E-state index in [2.05, 4.69) is 297 Å². The minimum atomic E-state index is 0.259. The number of hydrogen-bond donors (Lipinski definition) is 0. The summed E-state index contributed by atoms with van der Waals surface area (Å²) in [6, 6.07) is 87.3. The highest BCUT2D eigenvalue weighted by molar-refractivity contribution is 5.79. The lowest BCUT2D eigenvalue weighted by Gasteiger charge is -2.38. The van der Waals surface area contributed by atoms with Gasteiger partial charge in [-0.15, -0.1) is 0 Å². The van der Waals surface area contributed by atoms with Crippen LogP contribution in [0.25, 0.3) is 101 Å². The lowest BCUT2D eigenvalue weighted by molar-refractivity contribution is 0.353. The van der Waals surface area contributed by atoms with Crippen LogP contribution in [0.4, 0.5) is 0 Å². The van der Waals surface area contributed by atoms with Crippen LogP contribution in [0.3, 0.4) is 0 Å². The Morgan fingerprint density at radius 2 is 0.524 bits per heavy atom. The predicted molar refractivity (Wildman–Crippen MR) is 352 cm³/mol. The summed E-state index contributed by atoms with van der Waals surface area (Å²) in [6.45, 7) is 13.0. The highest BCUT2D eigenvalue weighted by Gasteiger charge is 2.35. The Morgan fingerprint density at radius 3 is 0.810 bits per heavy atom. The number of benzene rings is 9. The largest absolute Gasteiger partial charge is 0.256 e. The Bertz CT molecular complexity index is 3910. The average Bonchev–Trinajstić information content (AvgIpc) is 3.68. The van der Waals surface area contributed by atoms with Crippen LogP contribution in [-0.4, -0.2) is 15.0 Å². The van der Waals surface area contributed by atoms with Crippen molar-refractivity contribution < 1.29 is 0 Å². The molecule has 1 aliphatic carbocycles. The normalized spacial score (nSPS) is 15.0. The Balaban J connectivity index is 0.850. The molecule has 3 nitrogen and oxygen atoms in total. The molecular weight excluding hydrogens is 1010 g/mol. The number of pyridine rings is 3. The van der Waals surface area contributed by atoms with E-state index in [1.807, 2.05) is 0 Å². The van der Waals surface area contributed by atoms with Crippen LogP contribution in [0, 0.1) is 41.5 Å². The fourth-order valence-electron chi connectivity index (χ4n) is 13.3. The molecule has 1 saturated carbocycles. The first-order chi connectivity index (χ1) is 41.1.